The summed E-state index contributed by atoms with van der Waals surface area (Å²) in [5.74, 6) is 1.98. The molecule has 0 aliphatic rings. The number of halogens is 1. The molecule has 0 aliphatic carbocycles. The Morgan fingerprint density at radius 2 is 2.00 bits per heavy atom. The van der Waals surface area contributed by atoms with E-state index in [1.807, 2.05) is 18.2 Å². The minimum Gasteiger partial charge on any atom is -0.493 e. The number of nitrogens with one attached hydrogen (secondary N) is 1. The van der Waals surface area contributed by atoms with Crippen LogP contribution in [0.5, 0.6) is 11.5 Å². The van der Waals surface area contributed by atoms with E-state index in [0.717, 1.165) is 42.9 Å². The van der Waals surface area contributed by atoms with Crippen molar-refractivity contribution in [3.05, 3.63) is 23.8 Å². The van der Waals surface area contributed by atoms with Crippen LogP contribution in [0.4, 0.5) is 0 Å². The number of hydrogen-bond donors (Lipinski definition) is 2. The van der Waals surface area contributed by atoms with Crippen LogP contribution in [-0.4, -0.2) is 26.2 Å². The van der Waals surface area contributed by atoms with Gasteiger partial charge in [0.1, 0.15) is 0 Å². The topological polar surface area (TPSA) is 68.9 Å². The Bertz CT molecular complexity index is 453. The molecule has 0 aromatic heterocycles. The summed E-state index contributed by atoms with van der Waals surface area (Å²) in [5, 5.41) is 3.09. The van der Waals surface area contributed by atoms with Crippen LogP contribution >= 0.6 is 24.0 Å². The van der Waals surface area contributed by atoms with Crippen molar-refractivity contribution >= 4 is 29.9 Å². The summed E-state index contributed by atoms with van der Waals surface area (Å²) in [6.45, 7) is 6.28. The monoisotopic (exact) mass is 421 g/mol. The molecule has 0 heterocycles. The number of unbranched alkanes of at least 4 members (excludes halogenated alkanes) is 1. The standard InChI is InChI=1S/C16H27N3O2.HI/c1-4-6-9-18-16(17)19-12-13-7-8-14(21-10-5-2)15(11-13)20-3;/h7-8,11H,4-6,9-10,12H2,1-3H3,(H3,17,18,19);1H. The van der Waals surface area contributed by atoms with E-state index < -0.39 is 0 Å². The molecule has 5 nitrogen and oxygen atoms in total. The van der Waals surface area contributed by atoms with Crippen LogP contribution < -0.4 is 20.5 Å². The van der Waals surface area contributed by atoms with E-state index in [1.54, 1.807) is 7.11 Å². The van der Waals surface area contributed by atoms with Crippen LogP contribution in [0, 0.1) is 0 Å². The third-order valence-corrected chi connectivity index (χ3v) is 2.96. The maximum Gasteiger partial charge on any atom is 0.188 e. The van der Waals surface area contributed by atoms with E-state index in [4.69, 9.17) is 15.2 Å². The van der Waals surface area contributed by atoms with Crippen LogP contribution in [0.25, 0.3) is 0 Å². The average Bonchev–Trinajstić information content (AvgIpc) is 2.51. The molecule has 0 fully saturated rings. The maximum absolute atomic E-state index is 5.81. The zero-order chi connectivity index (χ0) is 15.5. The number of nitrogens with zero attached hydrogens (tertiary/aromatic N) is 1. The minimum atomic E-state index is 0. The minimum absolute atomic E-state index is 0. The van der Waals surface area contributed by atoms with Crippen molar-refractivity contribution in [3.8, 4) is 11.5 Å². The molecule has 0 unspecified atom stereocenters. The highest BCUT2D eigenvalue weighted by molar-refractivity contribution is 14.0. The van der Waals surface area contributed by atoms with Gasteiger partial charge in [0.25, 0.3) is 0 Å². The third-order valence-electron chi connectivity index (χ3n) is 2.96. The summed E-state index contributed by atoms with van der Waals surface area (Å²) in [4.78, 5) is 4.32. The Morgan fingerprint density at radius 1 is 1.23 bits per heavy atom. The van der Waals surface area contributed by atoms with Crippen molar-refractivity contribution in [1.29, 1.82) is 0 Å². The van der Waals surface area contributed by atoms with Gasteiger partial charge in [-0.1, -0.05) is 26.3 Å². The predicted octanol–water partition coefficient (Wildman–Crippen LogP) is 3.31. The number of aliphatic imine (C=N–C) groups is 1. The second-order valence-corrected chi connectivity index (χ2v) is 4.82. The van der Waals surface area contributed by atoms with E-state index >= 15 is 0 Å². The Balaban J connectivity index is 0.00000441. The average molecular weight is 421 g/mol. The fourth-order valence-electron chi connectivity index (χ4n) is 1.77. The maximum atomic E-state index is 5.81. The van der Waals surface area contributed by atoms with Crippen LogP contribution in [0.3, 0.4) is 0 Å². The van der Waals surface area contributed by atoms with Crippen molar-refractivity contribution in [2.75, 3.05) is 20.3 Å². The largest absolute Gasteiger partial charge is 0.493 e. The molecule has 0 saturated heterocycles. The number of rotatable bonds is 9. The van der Waals surface area contributed by atoms with Gasteiger partial charge in [0.05, 0.1) is 20.3 Å². The number of methoxy groups -OCH3 is 1. The number of guanidine groups is 1. The summed E-state index contributed by atoms with van der Waals surface area (Å²) in [6.07, 6.45) is 3.19. The molecule has 6 heteroatoms. The van der Waals surface area contributed by atoms with Gasteiger partial charge in [-0.15, -0.1) is 24.0 Å². The zero-order valence-electron chi connectivity index (χ0n) is 13.7. The Kier molecular flexibility index (Phi) is 11.7. The lowest BCUT2D eigenvalue weighted by molar-refractivity contribution is 0.294. The first kappa shape index (κ1) is 20.8. The van der Waals surface area contributed by atoms with Crippen LogP contribution in [0.2, 0.25) is 0 Å². The molecule has 0 saturated carbocycles. The molecule has 1 aromatic carbocycles. The SMILES string of the molecule is CCCCNC(N)=NCc1ccc(OCCC)c(OC)c1.I. The summed E-state index contributed by atoms with van der Waals surface area (Å²) in [7, 11) is 1.64. The van der Waals surface area contributed by atoms with E-state index in [2.05, 4.69) is 24.2 Å². The molecular weight excluding hydrogens is 393 g/mol. The lowest BCUT2D eigenvalue weighted by Gasteiger charge is -2.11. The van der Waals surface area contributed by atoms with Gasteiger partial charge in [-0.05, 0) is 30.5 Å². The summed E-state index contributed by atoms with van der Waals surface area (Å²) in [5.41, 5.74) is 6.85. The molecule has 3 N–H and O–H groups in total. The van der Waals surface area contributed by atoms with Crippen LogP contribution in [0.15, 0.2) is 23.2 Å². The van der Waals surface area contributed by atoms with Gasteiger partial charge >= 0.3 is 0 Å². The smallest absolute Gasteiger partial charge is 0.188 e. The highest BCUT2D eigenvalue weighted by Gasteiger charge is 2.05. The van der Waals surface area contributed by atoms with Gasteiger partial charge in [0, 0.05) is 6.54 Å². The van der Waals surface area contributed by atoms with Gasteiger partial charge in [-0.3, -0.25) is 0 Å². The lowest BCUT2D eigenvalue weighted by Crippen LogP contribution is -2.32. The normalized spacial score (nSPS) is 10.8. The van der Waals surface area contributed by atoms with Crippen LogP contribution in [-0.2, 0) is 6.54 Å². The van der Waals surface area contributed by atoms with Crippen molar-refractivity contribution in [3.63, 3.8) is 0 Å². The van der Waals surface area contributed by atoms with Gasteiger partial charge < -0.3 is 20.5 Å². The van der Waals surface area contributed by atoms with E-state index in [1.165, 1.54) is 0 Å². The quantitative estimate of drug-likeness (QED) is 0.278. The number of benzene rings is 1. The van der Waals surface area contributed by atoms with Gasteiger partial charge in [0.15, 0.2) is 17.5 Å². The Labute approximate surface area is 150 Å². The molecule has 22 heavy (non-hydrogen) atoms. The molecule has 0 aliphatic heterocycles. The van der Waals surface area contributed by atoms with Crippen molar-refractivity contribution in [2.24, 2.45) is 10.7 Å². The van der Waals surface area contributed by atoms with E-state index in [9.17, 15) is 0 Å². The molecule has 0 spiro atoms. The summed E-state index contributed by atoms with van der Waals surface area (Å²) in [6, 6.07) is 5.84. The predicted molar refractivity (Wildman–Crippen MR) is 102 cm³/mol. The van der Waals surface area contributed by atoms with Gasteiger partial charge in [-0.25, -0.2) is 4.99 Å². The lowest BCUT2D eigenvalue weighted by atomic mass is 10.2. The number of ether oxygens (including phenoxy) is 2. The molecular formula is C16H28IN3O2. The second-order valence-electron chi connectivity index (χ2n) is 4.82. The number of nitrogens with two attached hydrogens (primary N) is 1. The van der Waals surface area contributed by atoms with Gasteiger partial charge in [0.2, 0.25) is 0 Å². The van der Waals surface area contributed by atoms with Crippen LogP contribution in [0.1, 0.15) is 38.7 Å². The Morgan fingerprint density at radius 3 is 2.64 bits per heavy atom. The first-order valence-corrected chi connectivity index (χ1v) is 7.54. The highest BCUT2D eigenvalue weighted by Crippen LogP contribution is 2.28. The summed E-state index contributed by atoms with van der Waals surface area (Å²) < 4.78 is 11.0. The Hall–Kier alpha value is -1.18. The fraction of sp³-hybridized carbons (Fsp3) is 0.562. The van der Waals surface area contributed by atoms with Crippen molar-refractivity contribution < 1.29 is 9.47 Å². The number of hydrogen-bond acceptors (Lipinski definition) is 3. The van der Waals surface area contributed by atoms with Crippen molar-refractivity contribution in [1.82, 2.24) is 5.32 Å². The second kappa shape index (κ2) is 12.4. The molecule has 0 bridgehead atoms. The fourth-order valence-corrected chi connectivity index (χ4v) is 1.77. The first-order valence-electron chi connectivity index (χ1n) is 7.54. The van der Waals surface area contributed by atoms with Gasteiger partial charge in [-0.2, -0.15) is 0 Å². The first-order chi connectivity index (χ1) is 10.2. The molecule has 126 valence electrons. The van der Waals surface area contributed by atoms with E-state index in [0.29, 0.717) is 19.1 Å². The third kappa shape index (κ3) is 7.72. The zero-order valence-corrected chi connectivity index (χ0v) is 16.1. The van der Waals surface area contributed by atoms with Crippen molar-refractivity contribution in [2.45, 2.75) is 39.7 Å². The molecule has 1 aromatic rings. The molecule has 0 atom stereocenters. The molecule has 0 amide bonds. The molecule has 1 rings (SSSR count). The molecule has 0 radical (unpaired) electrons. The summed E-state index contributed by atoms with van der Waals surface area (Å²) >= 11 is 0. The highest BCUT2D eigenvalue weighted by atomic mass is 127. The van der Waals surface area contributed by atoms with E-state index in [-0.39, 0.29) is 24.0 Å².